The Kier molecular flexibility index (Phi) is 3.44. The second-order valence-electron chi connectivity index (χ2n) is 4.70. The minimum Gasteiger partial charge on any atom is -0.378 e. The normalized spacial score (nSPS) is 12.6. The van der Waals surface area contributed by atoms with Crippen molar-refractivity contribution in [2.45, 2.75) is 13.0 Å². The Labute approximate surface area is 124 Å². The van der Waals surface area contributed by atoms with Crippen molar-refractivity contribution in [3.8, 4) is 0 Å². The number of nitrogens with zero attached hydrogens (tertiary/aromatic N) is 1. The molecule has 0 amide bonds. The van der Waals surface area contributed by atoms with Crippen molar-refractivity contribution in [2.75, 3.05) is 5.32 Å². The zero-order valence-electron chi connectivity index (χ0n) is 10.8. The summed E-state index contributed by atoms with van der Waals surface area (Å²) in [4.78, 5) is 0. The first-order chi connectivity index (χ1) is 9.63. The number of aromatic amines is 1. The van der Waals surface area contributed by atoms with Crippen molar-refractivity contribution >= 4 is 32.5 Å². The zero-order chi connectivity index (χ0) is 14.1. The Morgan fingerprint density at radius 3 is 2.90 bits per heavy atom. The van der Waals surface area contributed by atoms with Gasteiger partial charge in [0.1, 0.15) is 5.82 Å². The molecule has 1 unspecified atom stereocenters. The van der Waals surface area contributed by atoms with Crippen molar-refractivity contribution in [2.24, 2.45) is 0 Å². The van der Waals surface area contributed by atoms with Gasteiger partial charge >= 0.3 is 0 Å². The van der Waals surface area contributed by atoms with Gasteiger partial charge < -0.3 is 5.32 Å². The van der Waals surface area contributed by atoms with Crippen LogP contribution >= 0.6 is 15.9 Å². The van der Waals surface area contributed by atoms with Crippen molar-refractivity contribution in [3.63, 3.8) is 0 Å². The Balaban J connectivity index is 1.85. The molecule has 0 saturated carbocycles. The third-order valence-corrected chi connectivity index (χ3v) is 3.75. The maximum Gasteiger partial charge on any atom is 0.129 e. The molecule has 1 aromatic heterocycles. The summed E-state index contributed by atoms with van der Waals surface area (Å²) in [6.07, 6.45) is 1.77. The molecule has 0 aliphatic rings. The van der Waals surface area contributed by atoms with Gasteiger partial charge in [-0.15, -0.1) is 0 Å². The first kappa shape index (κ1) is 13.1. The fourth-order valence-electron chi connectivity index (χ4n) is 2.21. The molecule has 0 radical (unpaired) electrons. The molecule has 102 valence electrons. The summed E-state index contributed by atoms with van der Waals surface area (Å²) in [5.74, 6) is -0.219. The van der Waals surface area contributed by atoms with Crippen LogP contribution in [0.25, 0.3) is 10.9 Å². The highest BCUT2D eigenvalue weighted by atomic mass is 79.9. The van der Waals surface area contributed by atoms with Crippen LogP contribution in [-0.2, 0) is 0 Å². The molecule has 1 atom stereocenters. The molecule has 5 heteroatoms. The minimum atomic E-state index is -0.219. The molecule has 2 aromatic carbocycles. The molecule has 1 heterocycles. The van der Waals surface area contributed by atoms with Crippen LogP contribution in [-0.4, -0.2) is 10.2 Å². The van der Waals surface area contributed by atoms with Gasteiger partial charge in [0.05, 0.1) is 17.8 Å². The lowest BCUT2D eigenvalue weighted by Gasteiger charge is -2.16. The summed E-state index contributed by atoms with van der Waals surface area (Å²) < 4.78 is 14.7. The van der Waals surface area contributed by atoms with E-state index in [1.54, 1.807) is 12.3 Å². The third-order valence-electron chi connectivity index (χ3n) is 3.25. The van der Waals surface area contributed by atoms with E-state index in [-0.39, 0.29) is 11.9 Å². The van der Waals surface area contributed by atoms with Gasteiger partial charge in [0.25, 0.3) is 0 Å². The fourth-order valence-corrected chi connectivity index (χ4v) is 2.55. The Hall–Kier alpha value is -1.88. The number of nitrogens with one attached hydrogen (secondary N) is 2. The lowest BCUT2D eigenvalue weighted by molar-refractivity contribution is 0.599. The summed E-state index contributed by atoms with van der Waals surface area (Å²) in [5, 5.41) is 11.2. The molecule has 3 aromatic rings. The maximum atomic E-state index is 13.9. The molecule has 0 aliphatic heterocycles. The number of hydrogen-bond donors (Lipinski definition) is 2. The summed E-state index contributed by atoms with van der Waals surface area (Å²) in [5.41, 5.74) is 2.56. The van der Waals surface area contributed by atoms with Gasteiger partial charge in [-0.25, -0.2) is 4.39 Å². The predicted molar refractivity (Wildman–Crippen MR) is 82.2 cm³/mol. The zero-order valence-corrected chi connectivity index (χ0v) is 12.4. The monoisotopic (exact) mass is 333 g/mol. The van der Waals surface area contributed by atoms with E-state index in [4.69, 9.17) is 0 Å². The topological polar surface area (TPSA) is 40.7 Å². The molecule has 0 bridgehead atoms. The molecular formula is C15H13BrFN3. The van der Waals surface area contributed by atoms with Crippen LogP contribution in [0.5, 0.6) is 0 Å². The SMILES string of the molecule is CC(Nc1ccc2[nH]ncc2c1)c1ccc(Br)cc1F. The highest BCUT2D eigenvalue weighted by Crippen LogP contribution is 2.25. The highest BCUT2D eigenvalue weighted by Gasteiger charge is 2.11. The molecular weight excluding hydrogens is 321 g/mol. The second-order valence-corrected chi connectivity index (χ2v) is 5.62. The fraction of sp³-hybridized carbons (Fsp3) is 0.133. The van der Waals surface area contributed by atoms with Gasteiger partial charge in [0.2, 0.25) is 0 Å². The molecule has 0 fully saturated rings. The second kappa shape index (κ2) is 5.25. The third kappa shape index (κ3) is 2.54. The van der Waals surface area contributed by atoms with Gasteiger partial charge in [0.15, 0.2) is 0 Å². The van der Waals surface area contributed by atoms with E-state index in [1.165, 1.54) is 6.07 Å². The molecule has 20 heavy (non-hydrogen) atoms. The molecule has 3 nitrogen and oxygen atoms in total. The van der Waals surface area contributed by atoms with E-state index in [1.807, 2.05) is 31.2 Å². The first-order valence-electron chi connectivity index (χ1n) is 6.28. The van der Waals surface area contributed by atoms with Gasteiger partial charge in [-0.1, -0.05) is 22.0 Å². The number of halogens is 2. The number of benzene rings is 2. The number of hydrogen-bond acceptors (Lipinski definition) is 2. The predicted octanol–water partition coefficient (Wildman–Crippen LogP) is 4.64. The summed E-state index contributed by atoms with van der Waals surface area (Å²) in [7, 11) is 0. The average Bonchev–Trinajstić information content (AvgIpc) is 2.85. The molecule has 0 saturated heterocycles. The van der Waals surface area contributed by atoms with Gasteiger partial charge in [-0.3, -0.25) is 5.10 Å². The van der Waals surface area contributed by atoms with Gasteiger partial charge in [-0.05, 0) is 37.3 Å². The van der Waals surface area contributed by atoms with E-state index in [2.05, 4.69) is 31.4 Å². The first-order valence-corrected chi connectivity index (χ1v) is 7.07. The highest BCUT2D eigenvalue weighted by molar-refractivity contribution is 9.10. The largest absolute Gasteiger partial charge is 0.378 e. The van der Waals surface area contributed by atoms with Crippen LogP contribution in [0, 0.1) is 5.82 Å². The number of anilines is 1. The molecule has 0 spiro atoms. The summed E-state index contributed by atoms with van der Waals surface area (Å²) >= 11 is 3.26. The van der Waals surface area contributed by atoms with Gasteiger partial charge in [-0.2, -0.15) is 5.10 Å². The van der Waals surface area contributed by atoms with E-state index in [0.717, 1.165) is 21.1 Å². The maximum absolute atomic E-state index is 13.9. The van der Waals surface area contributed by atoms with E-state index < -0.39 is 0 Å². The number of aromatic nitrogens is 2. The van der Waals surface area contributed by atoms with Crippen LogP contribution in [0.2, 0.25) is 0 Å². The van der Waals surface area contributed by atoms with Crippen molar-refractivity contribution < 1.29 is 4.39 Å². The van der Waals surface area contributed by atoms with Crippen LogP contribution in [0.4, 0.5) is 10.1 Å². The average molecular weight is 334 g/mol. The minimum absolute atomic E-state index is 0.118. The van der Waals surface area contributed by atoms with Crippen molar-refractivity contribution in [1.29, 1.82) is 0 Å². The van der Waals surface area contributed by atoms with E-state index in [9.17, 15) is 4.39 Å². The molecule has 0 aliphatic carbocycles. The molecule has 2 N–H and O–H groups in total. The summed E-state index contributed by atoms with van der Waals surface area (Å²) in [6.45, 7) is 1.94. The smallest absolute Gasteiger partial charge is 0.129 e. The van der Waals surface area contributed by atoms with Crippen LogP contribution in [0.3, 0.4) is 0 Å². The number of H-pyrrole nitrogens is 1. The summed E-state index contributed by atoms with van der Waals surface area (Å²) in [6, 6.07) is 10.9. The van der Waals surface area contributed by atoms with Crippen LogP contribution in [0.1, 0.15) is 18.5 Å². The Morgan fingerprint density at radius 1 is 1.25 bits per heavy atom. The standard InChI is InChI=1S/C15H13BrFN3/c1-9(13-4-2-11(16)7-14(13)17)19-12-3-5-15-10(6-12)8-18-20-15/h2-9,19H,1H3,(H,18,20). The Morgan fingerprint density at radius 2 is 2.10 bits per heavy atom. The lowest BCUT2D eigenvalue weighted by Crippen LogP contribution is -2.08. The van der Waals surface area contributed by atoms with E-state index in [0.29, 0.717) is 5.56 Å². The van der Waals surface area contributed by atoms with Crippen LogP contribution in [0.15, 0.2) is 47.1 Å². The number of fused-ring (bicyclic) bond motifs is 1. The van der Waals surface area contributed by atoms with Crippen molar-refractivity contribution in [3.05, 3.63) is 58.4 Å². The van der Waals surface area contributed by atoms with Crippen LogP contribution < -0.4 is 5.32 Å². The van der Waals surface area contributed by atoms with Crippen molar-refractivity contribution in [1.82, 2.24) is 10.2 Å². The Bertz CT molecular complexity index is 754. The lowest BCUT2D eigenvalue weighted by atomic mass is 10.1. The quantitative estimate of drug-likeness (QED) is 0.733. The van der Waals surface area contributed by atoms with Gasteiger partial charge in [0, 0.05) is 21.1 Å². The van der Waals surface area contributed by atoms with E-state index >= 15 is 0 Å². The number of rotatable bonds is 3. The molecule has 3 rings (SSSR count).